The predicted molar refractivity (Wildman–Crippen MR) is 103 cm³/mol. The second kappa shape index (κ2) is 8.81. The number of nitrogens with zero attached hydrogens (tertiary/aromatic N) is 1. The second-order valence-corrected chi connectivity index (χ2v) is 7.03. The van der Waals surface area contributed by atoms with Crippen LogP contribution in [0.3, 0.4) is 0 Å². The van der Waals surface area contributed by atoms with Crippen LogP contribution in [-0.4, -0.2) is 23.3 Å². The molecule has 0 radical (unpaired) electrons. The summed E-state index contributed by atoms with van der Waals surface area (Å²) in [6, 6.07) is 8.13. The maximum absolute atomic E-state index is 12.6. The van der Waals surface area contributed by atoms with Gasteiger partial charge < -0.3 is 10.6 Å². The highest BCUT2D eigenvalue weighted by Crippen LogP contribution is 2.24. The molecule has 3 rings (SSSR count). The van der Waals surface area contributed by atoms with Crippen molar-refractivity contribution in [1.82, 2.24) is 10.3 Å². The third kappa shape index (κ3) is 4.82. The van der Waals surface area contributed by atoms with Gasteiger partial charge in [0.05, 0.1) is 11.3 Å². The molecule has 0 saturated heterocycles. The molecule has 26 heavy (non-hydrogen) atoms. The van der Waals surface area contributed by atoms with Crippen LogP contribution in [0.25, 0.3) is 0 Å². The number of hydrogen-bond acceptors (Lipinski definition) is 3. The van der Waals surface area contributed by atoms with E-state index in [0.29, 0.717) is 34.3 Å². The lowest BCUT2D eigenvalue weighted by Crippen LogP contribution is -2.31. The van der Waals surface area contributed by atoms with Crippen molar-refractivity contribution < 1.29 is 9.59 Å². The molecule has 0 atom stereocenters. The molecular formula is C20H22ClN3O2. The zero-order chi connectivity index (χ0) is 18.4. The second-order valence-electron chi connectivity index (χ2n) is 6.59. The molecule has 136 valence electrons. The highest BCUT2D eigenvalue weighted by atomic mass is 35.5. The Kier molecular flexibility index (Phi) is 6.23. The van der Waals surface area contributed by atoms with Crippen LogP contribution in [-0.2, 0) is 0 Å². The Balaban J connectivity index is 1.70. The average Bonchev–Trinajstić information content (AvgIpc) is 2.69. The zero-order valence-electron chi connectivity index (χ0n) is 14.5. The number of carbonyl (C=O) groups excluding carboxylic acids is 2. The number of pyridine rings is 1. The third-order valence-corrected chi connectivity index (χ3v) is 4.93. The van der Waals surface area contributed by atoms with E-state index in [-0.39, 0.29) is 11.8 Å². The maximum atomic E-state index is 12.6. The first-order chi connectivity index (χ1) is 12.6. The summed E-state index contributed by atoms with van der Waals surface area (Å²) in [6.45, 7) is 0.656. The number of nitrogens with one attached hydrogen (secondary N) is 2. The van der Waals surface area contributed by atoms with Crippen molar-refractivity contribution in [2.45, 2.75) is 32.1 Å². The van der Waals surface area contributed by atoms with Crippen molar-refractivity contribution in [2.24, 2.45) is 5.92 Å². The van der Waals surface area contributed by atoms with Crippen LogP contribution in [0, 0.1) is 5.92 Å². The molecule has 1 aromatic carbocycles. The third-order valence-electron chi connectivity index (χ3n) is 4.69. The molecular weight excluding hydrogens is 350 g/mol. The molecule has 0 unspecified atom stereocenters. The molecule has 1 heterocycles. The molecule has 1 aliphatic rings. The molecule has 1 aromatic heterocycles. The van der Waals surface area contributed by atoms with E-state index in [2.05, 4.69) is 15.6 Å². The fraction of sp³-hybridized carbons (Fsp3) is 0.350. The minimum atomic E-state index is -0.295. The highest BCUT2D eigenvalue weighted by Gasteiger charge is 2.18. The molecule has 2 aromatic rings. The number of carbonyl (C=O) groups is 2. The molecule has 2 N–H and O–H groups in total. The van der Waals surface area contributed by atoms with Crippen LogP contribution in [0.5, 0.6) is 0 Å². The van der Waals surface area contributed by atoms with Crippen LogP contribution in [0.1, 0.15) is 52.8 Å². The summed E-state index contributed by atoms with van der Waals surface area (Å²) in [6.07, 6.45) is 9.14. The molecule has 6 heteroatoms. The number of halogens is 1. The van der Waals surface area contributed by atoms with Gasteiger partial charge in [0, 0.05) is 29.5 Å². The summed E-state index contributed by atoms with van der Waals surface area (Å²) >= 11 is 6.06. The Hall–Kier alpha value is -2.40. The summed E-state index contributed by atoms with van der Waals surface area (Å²) in [7, 11) is 0. The lowest BCUT2D eigenvalue weighted by atomic mass is 9.89. The summed E-state index contributed by atoms with van der Waals surface area (Å²) in [5.74, 6) is 0.0147. The quantitative estimate of drug-likeness (QED) is 0.823. The number of benzene rings is 1. The van der Waals surface area contributed by atoms with Crippen LogP contribution in [0.2, 0.25) is 5.02 Å². The molecule has 0 spiro atoms. The zero-order valence-corrected chi connectivity index (χ0v) is 15.3. The minimum Gasteiger partial charge on any atom is -0.352 e. The van der Waals surface area contributed by atoms with Gasteiger partial charge in [-0.25, -0.2) is 0 Å². The molecule has 2 amide bonds. The Morgan fingerprint density at radius 1 is 1.04 bits per heavy atom. The number of anilines is 1. The molecule has 0 bridgehead atoms. The number of amides is 2. The van der Waals surface area contributed by atoms with Gasteiger partial charge in [0.2, 0.25) is 0 Å². The molecule has 5 nitrogen and oxygen atoms in total. The van der Waals surface area contributed by atoms with Crippen molar-refractivity contribution in [3.05, 3.63) is 58.9 Å². The van der Waals surface area contributed by atoms with Gasteiger partial charge in [-0.05, 0) is 49.1 Å². The van der Waals surface area contributed by atoms with Crippen LogP contribution in [0.4, 0.5) is 5.69 Å². The van der Waals surface area contributed by atoms with Gasteiger partial charge >= 0.3 is 0 Å². The van der Waals surface area contributed by atoms with E-state index in [1.165, 1.54) is 19.3 Å². The lowest BCUT2D eigenvalue weighted by Gasteiger charge is -2.22. The van der Waals surface area contributed by atoms with Crippen molar-refractivity contribution in [2.75, 3.05) is 11.9 Å². The van der Waals surface area contributed by atoms with E-state index in [1.54, 1.807) is 42.7 Å². The number of hydrogen-bond donors (Lipinski definition) is 2. The van der Waals surface area contributed by atoms with Gasteiger partial charge in [0.1, 0.15) is 0 Å². The topological polar surface area (TPSA) is 71.1 Å². The summed E-state index contributed by atoms with van der Waals surface area (Å²) in [4.78, 5) is 28.9. The van der Waals surface area contributed by atoms with Crippen molar-refractivity contribution >= 4 is 29.1 Å². The van der Waals surface area contributed by atoms with Crippen molar-refractivity contribution in [3.63, 3.8) is 0 Å². The van der Waals surface area contributed by atoms with E-state index >= 15 is 0 Å². The van der Waals surface area contributed by atoms with Crippen LogP contribution >= 0.6 is 11.6 Å². The van der Waals surface area contributed by atoms with Gasteiger partial charge in [-0.1, -0.05) is 30.9 Å². The minimum absolute atomic E-state index is 0.219. The number of aromatic nitrogens is 1. The largest absolute Gasteiger partial charge is 0.352 e. The highest BCUT2D eigenvalue weighted by molar-refractivity contribution is 6.31. The normalized spacial score (nSPS) is 14.7. The fourth-order valence-electron chi connectivity index (χ4n) is 3.23. The first-order valence-corrected chi connectivity index (χ1v) is 9.30. The molecule has 0 aliphatic heterocycles. The predicted octanol–water partition coefficient (Wildman–Crippen LogP) is 4.30. The van der Waals surface area contributed by atoms with E-state index in [9.17, 15) is 9.59 Å². The van der Waals surface area contributed by atoms with Gasteiger partial charge in [0.15, 0.2) is 0 Å². The van der Waals surface area contributed by atoms with Crippen LogP contribution in [0.15, 0.2) is 42.7 Å². The van der Waals surface area contributed by atoms with Crippen molar-refractivity contribution in [1.29, 1.82) is 0 Å². The summed E-state index contributed by atoms with van der Waals surface area (Å²) in [5.41, 5.74) is 1.29. The van der Waals surface area contributed by atoms with Gasteiger partial charge in [-0.2, -0.15) is 0 Å². The summed E-state index contributed by atoms with van der Waals surface area (Å²) < 4.78 is 0. The molecule has 1 aliphatic carbocycles. The Labute approximate surface area is 158 Å². The van der Waals surface area contributed by atoms with E-state index in [0.717, 1.165) is 12.8 Å². The lowest BCUT2D eigenvalue weighted by molar-refractivity contribution is 0.0944. The van der Waals surface area contributed by atoms with Gasteiger partial charge in [-0.15, -0.1) is 0 Å². The van der Waals surface area contributed by atoms with E-state index < -0.39 is 0 Å². The first kappa shape index (κ1) is 18.4. The first-order valence-electron chi connectivity index (χ1n) is 8.92. The Morgan fingerprint density at radius 2 is 1.77 bits per heavy atom. The van der Waals surface area contributed by atoms with Crippen molar-refractivity contribution in [3.8, 4) is 0 Å². The molecule has 1 fully saturated rings. The average molecular weight is 372 g/mol. The van der Waals surface area contributed by atoms with Gasteiger partial charge in [0.25, 0.3) is 11.8 Å². The summed E-state index contributed by atoms with van der Waals surface area (Å²) in [5, 5.41) is 6.23. The monoisotopic (exact) mass is 371 g/mol. The SMILES string of the molecule is O=C(Nc1ccc(Cl)cc1C(=O)NCC1CCCCC1)c1ccncc1. The van der Waals surface area contributed by atoms with Gasteiger partial charge in [-0.3, -0.25) is 14.6 Å². The Morgan fingerprint density at radius 3 is 2.50 bits per heavy atom. The standard InChI is InChI=1S/C20H22ClN3O2/c21-16-6-7-18(24-19(25)15-8-10-22-11-9-15)17(12-16)20(26)23-13-14-4-2-1-3-5-14/h6-12,14H,1-5,13H2,(H,23,26)(H,24,25). The van der Waals surface area contributed by atoms with E-state index in [4.69, 9.17) is 11.6 Å². The van der Waals surface area contributed by atoms with E-state index in [1.807, 2.05) is 0 Å². The molecule has 1 saturated carbocycles. The smallest absolute Gasteiger partial charge is 0.255 e. The number of rotatable bonds is 5. The maximum Gasteiger partial charge on any atom is 0.255 e. The fourth-order valence-corrected chi connectivity index (χ4v) is 3.41. The van der Waals surface area contributed by atoms with Crippen LogP contribution < -0.4 is 10.6 Å². The Bertz CT molecular complexity index is 774.